The molecule has 2 aromatic rings. The first kappa shape index (κ1) is 33.1. The van der Waals surface area contributed by atoms with Crippen molar-refractivity contribution in [1.29, 1.82) is 0 Å². The molecule has 0 aliphatic carbocycles. The van der Waals surface area contributed by atoms with Crippen LogP contribution < -0.4 is 0 Å². The average Bonchev–Trinajstić information content (AvgIpc) is 2.83. The van der Waals surface area contributed by atoms with Gasteiger partial charge in [0.1, 0.15) is 0 Å². The molecule has 0 saturated carbocycles. The Morgan fingerprint density at radius 2 is 1.21 bits per heavy atom. The molecule has 214 valence electrons. The molecule has 0 atom stereocenters. The molecule has 0 spiro atoms. The molecule has 38 heavy (non-hydrogen) atoms. The van der Waals surface area contributed by atoms with E-state index < -0.39 is 71.7 Å². The maximum atomic E-state index is 13.0. The Labute approximate surface area is 232 Å². The molecule has 6 nitrogen and oxygen atoms in total. The Kier molecular flexibility index (Phi) is 12.2. The van der Waals surface area contributed by atoms with Crippen LogP contribution in [0.1, 0.15) is 39.0 Å². The van der Waals surface area contributed by atoms with Gasteiger partial charge < -0.3 is 0 Å². The van der Waals surface area contributed by atoms with Crippen molar-refractivity contribution in [2.75, 3.05) is 0 Å². The molecule has 0 saturated heterocycles. The number of unbranched alkanes of at least 4 members (excludes halogenated alkanes) is 4. The predicted molar refractivity (Wildman–Crippen MR) is 146 cm³/mol. The van der Waals surface area contributed by atoms with Crippen LogP contribution in [0.25, 0.3) is 0 Å². The third kappa shape index (κ3) is 9.50. The molecular formula is C22H22F6I2O6S2. The number of hydrogen-bond acceptors (Lipinski definition) is 6. The Hall–Kier alpha value is -1.14. The van der Waals surface area contributed by atoms with Gasteiger partial charge in [0, 0.05) is 0 Å². The molecule has 2 aromatic carbocycles. The number of benzene rings is 2. The van der Waals surface area contributed by atoms with Crippen molar-refractivity contribution in [3.8, 4) is 9.85 Å². The first-order chi connectivity index (χ1) is 17.6. The van der Waals surface area contributed by atoms with E-state index in [1.165, 1.54) is 48.5 Å². The van der Waals surface area contributed by atoms with Crippen molar-refractivity contribution in [3.05, 3.63) is 65.3 Å². The molecule has 0 aliphatic heterocycles. The first-order valence-corrected chi connectivity index (χ1v) is 19.5. The summed E-state index contributed by atoms with van der Waals surface area (Å²) in [7, 11) is -11.9. The van der Waals surface area contributed by atoms with Crippen LogP contribution in [0.5, 0.6) is 0 Å². The maximum absolute atomic E-state index is 13.0. The Morgan fingerprint density at radius 3 is 1.74 bits per heavy atom. The van der Waals surface area contributed by atoms with Crippen LogP contribution >= 0.6 is 40.5 Å². The molecule has 0 N–H and O–H groups in total. The van der Waals surface area contributed by atoms with Crippen LogP contribution in [0.3, 0.4) is 0 Å². The van der Waals surface area contributed by atoms with Crippen LogP contribution in [0.4, 0.5) is 26.3 Å². The predicted octanol–water partition coefficient (Wildman–Crippen LogP) is 7.40. The van der Waals surface area contributed by atoms with E-state index in [9.17, 15) is 43.2 Å². The fourth-order valence-electron chi connectivity index (χ4n) is 2.48. The van der Waals surface area contributed by atoms with E-state index in [0.29, 0.717) is 12.8 Å². The summed E-state index contributed by atoms with van der Waals surface area (Å²) in [6, 6.07) is 12.0. The second kappa shape index (κ2) is 14.0. The summed E-state index contributed by atoms with van der Waals surface area (Å²) in [5.41, 5.74) is -11.3. The molecule has 0 fully saturated rings. The first-order valence-electron chi connectivity index (χ1n) is 10.6. The standard InChI is InChI=1S/C22H22F6I2O6S2/c1-2-3-4-5-6-10-17-29(35-37(31,32)21(23,24)25)18-13-15-20(16-14-18)30(19-11-8-7-9-12-19)36-38(33,34)22(26,27)28/h7-9,11-16H,2-6H2,1H3. The fourth-order valence-corrected chi connectivity index (χ4v) is 14.1. The molecule has 0 heterocycles. The summed E-state index contributed by atoms with van der Waals surface area (Å²) in [6.07, 6.45) is 3.69. The molecular weight excluding hydrogens is 792 g/mol. The molecule has 0 aliphatic rings. The molecule has 16 heteroatoms. The zero-order chi connectivity index (χ0) is 28.6. The van der Waals surface area contributed by atoms with Gasteiger partial charge in [-0.1, -0.05) is 0 Å². The van der Waals surface area contributed by atoms with E-state index in [0.717, 1.165) is 19.3 Å². The second-order valence-corrected chi connectivity index (χ2v) is 19.5. The summed E-state index contributed by atoms with van der Waals surface area (Å²) in [4.78, 5) is 0. The van der Waals surface area contributed by atoms with E-state index in [1.807, 2.05) is 6.92 Å². The van der Waals surface area contributed by atoms with Crippen molar-refractivity contribution in [2.24, 2.45) is 0 Å². The SMILES string of the molecule is CCCCCCC#CI(OS(=O)(=O)C(F)(F)F)c1ccc(I(OS(=O)(=O)C(F)(F)F)c2ccccc2)cc1. The summed E-state index contributed by atoms with van der Waals surface area (Å²) in [5, 5.41) is 0. The van der Waals surface area contributed by atoms with E-state index in [2.05, 4.69) is 14.9 Å². The van der Waals surface area contributed by atoms with Gasteiger partial charge in [-0.2, -0.15) is 0 Å². The normalized spacial score (nSPS) is 13.4. The third-order valence-corrected chi connectivity index (χ3v) is 17.4. The Balaban J connectivity index is 2.43. The van der Waals surface area contributed by atoms with Crippen molar-refractivity contribution in [1.82, 2.24) is 0 Å². The minimum absolute atomic E-state index is 0.0226. The van der Waals surface area contributed by atoms with Gasteiger partial charge >= 0.3 is 234 Å². The number of alkyl halides is 6. The fraction of sp³-hybridized carbons (Fsp3) is 0.364. The Bertz CT molecular complexity index is 1320. The van der Waals surface area contributed by atoms with E-state index in [1.54, 1.807) is 6.07 Å². The third-order valence-electron chi connectivity index (χ3n) is 4.30. The summed E-state index contributed by atoms with van der Waals surface area (Å²) >= 11 is -7.51. The van der Waals surface area contributed by atoms with Gasteiger partial charge in [0.25, 0.3) is 0 Å². The topological polar surface area (TPSA) is 86.7 Å². The summed E-state index contributed by atoms with van der Waals surface area (Å²) in [6.45, 7) is 1.99. The van der Waals surface area contributed by atoms with E-state index >= 15 is 0 Å². The average molecular weight is 814 g/mol. The molecule has 0 radical (unpaired) electrons. The van der Waals surface area contributed by atoms with Gasteiger partial charge in [-0.25, -0.2) is 0 Å². The quantitative estimate of drug-likeness (QED) is 0.0774. The van der Waals surface area contributed by atoms with Crippen LogP contribution in [0, 0.1) is 20.6 Å². The van der Waals surface area contributed by atoms with Gasteiger partial charge in [0.15, 0.2) is 0 Å². The van der Waals surface area contributed by atoms with Gasteiger partial charge in [0.2, 0.25) is 0 Å². The molecule has 0 aromatic heterocycles. The van der Waals surface area contributed by atoms with Crippen molar-refractivity contribution in [3.63, 3.8) is 0 Å². The number of hydrogen-bond donors (Lipinski definition) is 0. The van der Waals surface area contributed by atoms with Crippen LogP contribution in [-0.4, -0.2) is 27.9 Å². The summed E-state index contributed by atoms with van der Waals surface area (Å²) < 4.78 is 137. The van der Waals surface area contributed by atoms with Crippen LogP contribution in [-0.2, 0) is 25.3 Å². The van der Waals surface area contributed by atoms with Crippen molar-refractivity contribution < 1.29 is 48.2 Å². The summed E-state index contributed by atoms with van der Waals surface area (Å²) in [5.74, 6) is 2.67. The van der Waals surface area contributed by atoms with Gasteiger partial charge in [-0.3, -0.25) is 0 Å². The van der Waals surface area contributed by atoms with Gasteiger partial charge in [-0.05, 0) is 0 Å². The molecule has 0 amide bonds. The molecule has 0 bridgehead atoms. The minimum atomic E-state index is -5.96. The van der Waals surface area contributed by atoms with Crippen molar-refractivity contribution in [2.45, 2.75) is 50.0 Å². The van der Waals surface area contributed by atoms with Gasteiger partial charge in [-0.15, -0.1) is 0 Å². The van der Waals surface area contributed by atoms with E-state index in [-0.39, 0.29) is 10.7 Å². The number of halogens is 8. The van der Waals surface area contributed by atoms with Crippen molar-refractivity contribution >= 4 is 60.7 Å². The second-order valence-electron chi connectivity index (χ2n) is 7.24. The van der Waals surface area contributed by atoms with Crippen LogP contribution in [0.15, 0.2) is 54.6 Å². The van der Waals surface area contributed by atoms with Gasteiger partial charge in [0.05, 0.1) is 0 Å². The zero-order valence-corrected chi connectivity index (χ0v) is 25.5. The number of rotatable bonds is 11. The van der Waals surface area contributed by atoms with Crippen LogP contribution in [0.2, 0.25) is 0 Å². The Morgan fingerprint density at radius 1 is 0.711 bits per heavy atom. The zero-order valence-electron chi connectivity index (χ0n) is 19.5. The molecule has 2 rings (SSSR count). The van der Waals surface area contributed by atoms with E-state index in [4.69, 9.17) is 0 Å². The molecule has 0 unspecified atom stereocenters. The monoisotopic (exact) mass is 814 g/mol.